The summed E-state index contributed by atoms with van der Waals surface area (Å²) < 4.78 is 0. The van der Waals surface area contributed by atoms with Crippen LogP contribution in [0.25, 0.3) is 4.91 Å². The van der Waals surface area contributed by atoms with Crippen LogP contribution in [0.15, 0.2) is 72.3 Å². The molecule has 24 heavy (non-hydrogen) atoms. The van der Waals surface area contributed by atoms with Crippen LogP contribution in [0.3, 0.4) is 0 Å². The Hall–Kier alpha value is -2.30. The molecule has 1 unspecified atom stereocenters. The number of rotatable bonds is 2. The van der Waals surface area contributed by atoms with E-state index >= 15 is 0 Å². The third-order valence-corrected chi connectivity index (χ3v) is 5.55. The molecule has 1 saturated heterocycles. The topological polar surface area (TPSA) is 37.4 Å². The molecule has 4 rings (SSSR count). The highest BCUT2D eigenvalue weighted by Crippen LogP contribution is 2.43. The number of thioether (sulfide) groups is 1. The summed E-state index contributed by atoms with van der Waals surface area (Å²) in [6.07, 6.45) is 3.67. The number of fused-ring (bicyclic) bond motifs is 1. The third-order valence-electron chi connectivity index (χ3n) is 3.98. The summed E-state index contributed by atoms with van der Waals surface area (Å²) in [5, 5.41) is 0.0743. The Bertz CT molecular complexity index is 887. The molecule has 0 radical (unpaired) electrons. The Morgan fingerprint density at radius 3 is 2.33 bits per heavy atom. The number of benzene rings is 2. The number of hydrogen-bond acceptors (Lipinski definition) is 3. The molecular formula is C19H12ClNO2S. The minimum absolute atomic E-state index is 0.208. The molecule has 0 aromatic heterocycles. The molecule has 0 N–H and O–H groups in total. The summed E-state index contributed by atoms with van der Waals surface area (Å²) in [6, 6.07) is 16.6. The number of nitrogens with zero attached hydrogens (tertiary/aromatic N) is 1. The van der Waals surface area contributed by atoms with Crippen molar-refractivity contribution in [3.8, 4) is 0 Å². The second-order valence-electron chi connectivity index (χ2n) is 5.47. The van der Waals surface area contributed by atoms with E-state index in [1.54, 1.807) is 30.3 Å². The number of imide groups is 1. The van der Waals surface area contributed by atoms with Gasteiger partial charge in [0, 0.05) is 15.5 Å². The molecule has 3 nitrogen and oxygen atoms in total. The average Bonchev–Trinajstić information content (AvgIpc) is 2.87. The number of hydrogen-bond donors (Lipinski definition) is 0. The van der Waals surface area contributed by atoms with Gasteiger partial charge in [-0.3, -0.25) is 9.59 Å². The Labute approximate surface area is 148 Å². The molecule has 2 amide bonds. The van der Waals surface area contributed by atoms with Crippen LogP contribution in [0.2, 0.25) is 5.02 Å². The van der Waals surface area contributed by atoms with E-state index in [0.717, 1.165) is 10.5 Å². The van der Waals surface area contributed by atoms with E-state index in [0.29, 0.717) is 16.3 Å². The predicted octanol–water partition coefficient (Wildman–Crippen LogP) is 4.30. The lowest BCUT2D eigenvalue weighted by Crippen LogP contribution is -2.31. The molecule has 0 bridgehead atoms. The van der Waals surface area contributed by atoms with Crippen molar-refractivity contribution in [2.24, 2.45) is 0 Å². The number of halogens is 1. The van der Waals surface area contributed by atoms with Crippen LogP contribution in [0, 0.1) is 0 Å². The molecule has 1 atom stereocenters. The number of carbonyl (C=O) groups excluding carboxylic acids is 2. The van der Waals surface area contributed by atoms with Crippen LogP contribution in [-0.4, -0.2) is 17.1 Å². The maximum Gasteiger partial charge on any atom is 0.262 e. The Morgan fingerprint density at radius 2 is 1.62 bits per heavy atom. The quantitative estimate of drug-likeness (QED) is 0.755. The first kappa shape index (κ1) is 15.2. The van der Waals surface area contributed by atoms with Crippen LogP contribution >= 0.6 is 23.4 Å². The molecule has 2 aliphatic rings. The van der Waals surface area contributed by atoms with Crippen molar-refractivity contribution >= 4 is 45.8 Å². The van der Waals surface area contributed by atoms with Gasteiger partial charge in [-0.05, 0) is 35.9 Å². The van der Waals surface area contributed by atoms with Gasteiger partial charge in [0.05, 0.1) is 5.69 Å². The normalized spacial score (nSPS) is 19.9. The van der Waals surface area contributed by atoms with Gasteiger partial charge in [-0.2, -0.15) is 0 Å². The van der Waals surface area contributed by atoms with Gasteiger partial charge in [-0.25, -0.2) is 4.90 Å². The molecule has 2 aromatic rings. The minimum Gasteiger partial charge on any atom is -0.272 e. The largest absolute Gasteiger partial charge is 0.272 e. The molecule has 2 heterocycles. The van der Waals surface area contributed by atoms with Crippen molar-refractivity contribution in [3.63, 3.8) is 0 Å². The molecule has 1 fully saturated rings. The van der Waals surface area contributed by atoms with E-state index < -0.39 is 5.25 Å². The van der Waals surface area contributed by atoms with E-state index in [9.17, 15) is 9.59 Å². The van der Waals surface area contributed by atoms with Crippen molar-refractivity contribution in [1.29, 1.82) is 0 Å². The number of anilines is 1. The fraction of sp³-hybridized carbons (Fsp3) is 0.0526. The van der Waals surface area contributed by atoms with E-state index in [1.165, 1.54) is 16.7 Å². The fourth-order valence-corrected chi connectivity index (χ4v) is 4.11. The summed E-state index contributed by atoms with van der Waals surface area (Å²) in [4.78, 5) is 27.7. The molecule has 2 aliphatic heterocycles. The van der Waals surface area contributed by atoms with Crippen LogP contribution < -0.4 is 4.90 Å². The van der Waals surface area contributed by atoms with E-state index in [2.05, 4.69) is 0 Å². The van der Waals surface area contributed by atoms with E-state index in [4.69, 9.17) is 11.6 Å². The lowest BCUT2D eigenvalue weighted by molar-refractivity contribution is -0.120. The third kappa shape index (κ3) is 2.48. The average molecular weight is 354 g/mol. The van der Waals surface area contributed by atoms with Gasteiger partial charge >= 0.3 is 0 Å². The smallest absolute Gasteiger partial charge is 0.262 e. The zero-order valence-corrected chi connectivity index (χ0v) is 14.1. The summed E-state index contributed by atoms with van der Waals surface area (Å²) in [6.45, 7) is 0. The van der Waals surface area contributed by atoms with Crippen molar-refractivity contribution in [2.45, 2.75) is 5.25 Å². The van der Waals surface area contributed by atoms with E-state index in [-0.39, 0.29) is 11.8 Å². The van der Waals surface area contributed by atoms with Crippen molar-refractivity contribution < 1.29 is 9.59 Å². The summed E-state index contributed by atoms with van der Waals surface area (Å²) >= 11 is 7.31. The van der Waals surface area contributed by atoms with Gasteiger partial charge in [0.25, 0.3) is 11.8 Å². The first-order chi connectivity index (χ1) is 11.6. The maximum atomic E-state index is 12.8. The van der Waals surface area contributed by atoms with Crippen molar-refractivity contribution in [2.75, 3.05) is 4.90 Å². The summed E-state index contributed by atoms with van der Waals surface area (Å²) in [5.74, 6) is -0.469. The first-order valence-electron chi connectivity index (χ1n) is 7.43. The van der Waals surface area contributed by atoms with E-state index in [1.807, 2.05) is 36.4 Å². The molecule has 118 valence electrons. The number of allylic oxidation sites excluding steroid dienone is 2. The lowest BCUT2D eigenvalue weighted by Gasteiger charge is -2.16. The maximum absolute atomic E-state index is 12.8. The molecule has 0 saturated carbocycles. The van der Waals surface area contributed by atoms with Crippen molar-refractivity contribution in [1.82, 2.24) is 0 Å². The SMILES string of the molecule is O=C1C2=CC=C(c3ccccc3)SC2C(=O)N1c1ccc(Cl)cc1. The monoisotopic (exact) mass is 353 g/mol. The second kappa shape index (κ2) is 5.96. The fourth-order valence-electron chi connectivity index (χ4n) is 2.80. The zero-order valence-electron chi connectivity index (χ0n) is 12.5. The number of carbonyl (C=O) groups is 2. The molecule has 2 aromatic carbocycles. The Morgan fingerprint density at radius 1 is 0.917 bits per heavy atom. The summed E-state index contributed by atoms with van der Waals surface area (Å²) in [7, 11) is 0. The zero-order chi connectivity index (χ0) is 16.7. The van der Waals surface area contributed by atoms with Gasteiger partial charge in [0.2, 0.25) is 0 Å². The van der Waals surface area contributed by atoms with Gasteiger partial charge in [-0.15, -0.1) is 11.8 Å². The molecule has 5 heteroatoms. The highest BCUT2D eigenvalue weighted by Gasteiger charge is 2.45. The molecular weight excluding hydrogens is 342 g/mol. The second-order valence-corrected chi connectivity index (χ2v) is 7.06. The van der Waals surface area contributed by atoms with Crippen LogP contribution in [0.1, 0.15) is 5.56 Å². The number of amides is 2. The van der Waals surface area contributed by atoms with Crippen molar-refractivity contribution in [3.05, 3.63) is 82.9 Å². The first-order valence-corrected chi connectivity index (χ1v) is 8.69. The molecule has 0 spiro atoms. The summed E-state index contributed by atoms with van der Waals surface area (Å²) in [5.41, 5.74) is 2.12. The highest BCUT2D eigenvalue weighted by atomic mass is 35.5. The molecule has 0 aliphatic carbocycles. The van der Waals surface area contributed by atoms with Gasteiger partial charge in [0.15, 0.2) is 0 Å². The lowest BCUT2D eigenvalue weighted by atomic mass is 10.1. The highest BCUT2D eigenvalue weighted by molar-refractivity contribution is 8.09. The van der Waals surface area contributed by atoms with Crippen LogP contribution in [0.5, 0.6) is 0 Å². The van der Waals surface area contributed by atoms with Gasteiger partial charge in [0.1, 0.15) is 5.25 Å². The predicted molar refractivity (Wildman–Crippen MR) is 97.8 cm³/mol. The Balaban J connectivity index is 1.67. The van der Waals surface area contributed by atoms with Gasteiger partial charge in [-0.1, -0.05) is 48.0 Å². The minimum atomic E-state index is -0.492. The van der Waals surface area contributed by atoms with Crippen LogP contribution in [0.4, 0.5) is 5.69 Å². The van der Waals surface area contributed by atoms with Gasteiger partial charge < -0.3 is 0 Å². The van der Waals surface area contributed by atoms with Crippen LogP contribution in [-0.2, 0) is 9.59 Å². The standard InChI is InChI=1S/C19H12ClNO2S/c20-13-6-8-14(9-7-13)21-18(22)15-10-11-16(24-17(15)19(21)23)12-4-2-1-3-5-12/h1-11,17H. The Kier molecular flexibility index (Phi) is 3.79.